The van der Waals surface area contributed by atoms with E-state index in [2.05, 4.69) is 0 Å². The average molecular weight is 567 g/mol. The smallest absolute Gasteiger partial charge is 0.341 e. The van der Waals surface area contributed by atoms with Crippen molar-refractivity contribution in [3.8, 4) is 0 Å². The molecule has 1 fully saturated rings. The summed E-state index contributed by atoms with van der Waals surface area (Å²) < 4.78 is 22.7. The van der Waals surface area contributed by atoms with Gasteiger partial charge in [-0.25, -0.2) is 14.4 Å². The summed E-state index contributed by atoms with van der Waals surface area (Å²) in [6, 6.07) is 30.7. The van der Waals surface area contributed by atoms with Gasteiger partial charge in [0, 0.05) is 11.1 Å². The van der Waals surface area contributed by atoms with E-state index < -0.39 is 54.9 Å². The zero-order valence-electron chi connectivity index (χ0n) is 22.2. The molecule has 0 aliphatic carbocycles. The van der Waals surface area contributed by atoms with E-state index in [-0.39, 0.29) is 22.3 Å². The third-order valence-electron chi connectivity index (χ3n) is 6.60. The van der Waals surface area contributed by atoms with E-state index in [1.807, 2.05) is 0 Å². The fourth-order valence-corrected chi connectivity index (χ4v) is 4.51. The number of benzene rings is 4. The van der Waals surface area contributed by atoms with Crippen molar-refractivity contribution in [2.75, 3.05) is 6.61 Å². The maximum Gasteiger partial charge on any atom is 0.341 e. The van der Waals surface area contributed by atoms with Crippen LogP contribution in [0.2, 0.25) is 0 Å². The number of ether oxygens (including phenoxy) is 4. The molecule has 4 aromatic carbocycles. The normalized spacial score (nSPS) is 19.5. The summed E-state index contributed by atoms with van der Waals surface area (Å²) in [6.45, 7) is -0.636. The average Bonchev–Trinajstić information content (AvgIpc) is 3.36. The Labute approximate surface area is 241 Å². The number of esters is 3. The SMILES string of the molecule is O=C(O[C@H]1[C@@H](CO)OC(OC(=O)c2ccccc2C(=O)c2ccccc2)[C@@H]1OC(=O)c1ccccc1)c1ccccc1. The molecule has 0 saturated carbocycles. The van der Waals surface area contributed by atoms with Crippen LogP contribution in [0.15, 0.2) is 115 Å². The van der Waals surface area contributed by atoms with Crippen molar-refractivity contribution in [1.29, 1.82) is 0 Å². The molecule has 1 N–H and O–H groups in total. The number of hydrogen-bond acceptors (Lipinski definition) is 9. The Morgan fingerprint density at radius 2 is 1.00 bits per heavy atom. The van der Waals surface area contributed by atoms with Crippen molar-refractivity contribution in [2.24, 2.45) is 0 Å². The molecule has 0 amide bonds. The van der Waals surface area contributed by atoms with Crippen LogP contribution in [0.5, 0.6) is 0 Å². The van der Waals surface area contributed by atoms with Gasteiger partial charge >= 0.3 is 17.9 Å². The minimum Gasteiger partial charge on any atom is -0.452 e. The van der Waals surface area contributed by atoms with Gasteiger partial charge in [0.25, 0.3) is 0 Å². The highest BCUT2D eigenvalue weighted by atomic mass is 16.7. The highest BCUT2D eigenvalue weighted by molar-refractivity contribution is 6.14. The summed E-state index contributed by atoms with van der Waals surface area (Å²) in [6.07, 6.45) is -5.53. The molecule has 42 heavy (non-hydrogen) atoms. The molecule has 1 saturated heterocycles. The molecule has 9 heteroatoms. The standard InChI is InChI=1S/C33H26O9/c34-20-26-28(40-30(36)22-14-6-2-7-15-22)29(41-31(37)23-16-8-3-9-17-23)33(39-26)42-32(38)25-19-11-10-18-24(25)27(35)21-12-4-1-5-13-21/h1-19,26,28-29,33-34H,20H2/t26-,28+,29-,33?/m1/s1. The Balaban J connectivity index is 1.43. The Morgan fingerprint density at radius 1 is 0.548 bits per heavy atom. The number of carbonyl (C=O) groups excluding carboxylic acids is 4. The first kappa shape index (κ1) is 28.4. The van der Waals surface area contributed by atoms with Crippen molar-refractivity contribution in [3.05, 3.63) is 143 Å². The van der Waals surface area contributed by atoms with E-state index >= 15 is 0 Å². The Bertz CT molecular complexity index is 1550. The summed E-state index contributed by atoms with van der Waals surface area (Å²) >= 11 is 0. The monoisotopic (exact) mass is 566 g/mol. The third kappa shape index (κ3) is 6.27. The molecule has 0 aromatic heterocycles. The number of rotatable bonds is 9. The van der Waals surface area contributed by atoms with Gasteiger partial charge in [-0.3, -0.25) is 4.79 Å². The van der Waals surface area contributed by atoms with Crippen molar-refractivity contribution < 1.29 is 43.2 Å². The van der Waals surface area contributed by atoms with Crippen molar-refractivity contribution in [3.63, 3.8) is 0 Å². The molecule has 1 unspecified atom stereocenters. The molecule has 0 spiro atoms. The number of aliphatic hydroxyl groups is 1. The summed E-state index contributed by atoms with van der Waals surface area (Å²) in [5.74, 6) is -2.88. The van der Waals surface area contributed by atoms with E-state index in [4.69, 9.17) is 18.9 Å². The zero-order valence-corrected chi connectivity index (χ0v) is 22.2. The fourth-order valence-electron chi connectivity index (χ4n) is 4.51. The molecular weight excluding hydrogens is 540 g/mol. The molecule has 0 bridgehead atoms. The predicted octanol–water partition coefficient (Wildman–Crippen LogP) is 4.24. The van der Waals surface area contributed by atoms with Gasteiger partial charge in [-0.1, -0.05) is 84.9 Å². The van der Waals surface area contributed by atoms with Crippen LogP contribution in [0, 0.1) is 0 Å². The first-order valence-corrected chi connectivity index (χ1v) is 13.1. The second-order valence-electron chi connectivity index (χ2n) is 9.34. The van der Waals surface area contributed by atoms with Crippen molar-refractivity contribution in [1.82, 2.24) is 0 Å². The lowest BCUT2D eigenvalue weighted by Crippen LogP contribution is -2.42. The summed E-state index contributed by atoms with van der Waals surface area (Å²) in [4.78, 5) is 52.6. The second-order valence-corrected chi connectivity index (χ2v) is 9.34. The molecule has 9 nitrogen and oxygen atoms in total. The Hall–Kier alpha value is -5.12. The largest absolute Gasteiger partial charge is 0.452 e. The summed E-state index contributed by atoms with van der Waals surface area (Å²) in [7, 11) is 0. The molecular formula is C33H26O9. The van der Waals surface area contributed by atoms with Crippen LogP contribution in [0.3, 0.4) is 0 Å². The van der Waals surface area contributed by atoms with Crippen LogP contribution >= 0.6 is 0 Å². The molecule has 1 aliphatic rings. The van der Waals surface area contributed by atoms with Crippen LogP contribution in [-0.4, -0.2) is 60.0 Å². The van der Waals surface area contributed by atoms with Crippen molar-refractivity contribution in [2.45, 2.75) is 24.6 Å². The minimum absolute atomic E-state index is 0.0478. The molecule has 0 radical (unpaired) electrons. The van der Waals surface area contributed by atoms with Gasteiger partial charge in [-0.15, -0.1) is 0 Å². The second kappa shape index (κ2) is 13.0. The number of aliphatic hydroxyl groups excluding tert-OH is 1. The maximum absolute atomic E-state index is 13.4. The van der Waals surface area contributed by atoms with Gasteiger partial charge in [-0.05, 0) is 30.3 Å². The fraction of sp³-hybridized carbons (Fsp3) is 0.152. The first-order valence-electron chi connectivity index (χ1n) is 13.1. The maximum atomic E-state index is 13.4. The highest BCUT2D eigenvalue weighted by Gasteiger charge is 2.52. The van der Waals surface area contributed by atoms with Gasteiger partial charge < -0.3 is 24.1 Å². The zero-order chi connectivity index (χ0) is 29.5. The van der Waals surface area contributed by atoms with Gasteiger partial charge in [-0.2, -0.15) is 0 Å². The van der Waals surface area contributed by atoms with Crippen LogP contribution in [-0.2, 0) is 18.9 Å². The lowest BCUT2D eigenvalue weighted by molar-refractivity contribution is -0.141. The topological polar surface area (TPSA) is 125 Å². The van der Waals surface area contributed by atoms with E-state index in [1.54, 1.807) is 78.9 Å². The third-order valence-corrected chi connectivity index (χ3v) is 6.60. The summed E-state index contributed by atoms with van der Waals surface area (Å²) in [5.41, 5.74) is 0.833. The van der Waals surface area contributed by atoms with Gasteiger partial charge in [0.2, 0.25) is 12.4 Å². The van der Waals surface area contributed by atoms with Crippen LogP contribution in [0.1, 0.15) is 47.0 Å². The molecule has 5 rings (SSSR count). The molecule has 4 aromatic rings. The minimum atomic E-state index is -1.57. The van der Waals surface area contributed by atoms with Gasteiger partial charge in [0.1, 0.15) is 6.10 Å². The van der Waals surface area contributed by atoms with Gasteiger partial charge in [0.05, 0.1) is 23.3 Å². The summed E-state index contributed by atoms with van der Waals surface area (Å²) in [5, 5.41) is 10.1. The predicted molar refractivity (Wildman–Crippen MR) is 149 cm³/mol. The number of hydrogen-bond donors (Lipinski definition) is 1. The van der Waals surface area contributed by atoms with Gasteiger partial charge in [0.15, 0.2) is 11.9 Å². The number of carbonyl (C=O) groups is 4. The van der Waals surface area contributed by atoms with Crippen LogP contribution in [0.25, 0.3) is 0 Å². The van der Waals surface area contributed by atoms with Crippen LogP contribution < -0.4 is 0 Å². The lowest BCUT2D eigenvalue weighted by atomic mass is 9.98. The van der Waals surface area contributed by atoms with E-state index in [0.717, 1.165) is 0 Å². The molecule has 4 atom stereocenters. The Kier molecular flexibility index (Phi) is 8.81. The molecule has 1 heterocycles. The quantitative estimate of drug-likeness (QED) is 0.180. The van der Waals surface area contributed by atoms with E-state index in [0.29, 0.717) is 5.56 Å². The van der Waals surface area contributed by atoms with E-state index in [1.165, 1.54) is 36.4 Å². The number of ketones is 1. The molecule has 212 valence electrons. The van der Waals surface area contributed by atoms with Crippen molar-refractivity contribution >= 4 is 23.7 Å². The molecule has 1 aliphatic heterocycles. The lowest BCUT2D eigenvalue weighted by Gasteiger charge is -2.24. The Morgan fingerprint density at radius 3 is 1.52 bits per heavy atom. The van der Waals surface area contributed by atoms with E-state index in [9.17, 15) is 24.3 Å². The van der Waals surface area contributed by atoms with Crippen LogP contribution in [0.4, 0.5) is 0 Å². The highest BCUT2D eigenvalue weighted by Crippen LogP contribution is 2.30. The first-order chi connectivity index (χ1) is 20.5.